The molecule has 0 radical (unpaired) electrons. The minimum absolute atomic E-state index is 0.179. The number of aromatic nitrogens is 1. The summed E-state index contributed by atoms with van der Waals surface area (Å²) >= 11 is 0. The average molecular weight is 221 g/mol. The van der Waals surface area contributed by atoms with Crippen molar-refractivity contribution in [2.75, 3.05) is 6.54 Å². The fourth-order valence-corrected chi connectivity index (χ4v) is 1.85. The lowest BCUT2D eigenvalue weighted by Gasteiger charge is -2.41. The van der Waals surface area contributed by atoms with Gasteiger partial charge in [0.1, 0.15) is 0 Å². The van der Waals surface area contributed by atoms with Crippen LogP contribution in [-0.2, 0) is 0 Å². The zero-order valence-electron chi connectivity index (χ0n) is 8.95. The molecule has 16 heavy (non-hydrogen) atoms. The first-order chi connectivity index (χ1) is 7.65. The predicted octanol–water partition coefficient (Wildman–Crippen LogP) is -0.0139. The average Bonchev–Trinajstić information content (AvgIpc) is 2.24. The summed E-state index contributed by atoms with van der Waals surface area (Å²) < 4.78 is 0. The number of amides is 1. The maximum atomic E-state index is 11.8. The number of nitrogens with one attached hydrogen (secondary N) is 2. The SMILES string of the molecule is NCC1(NC(=O)c2ccc(=O)[nH]c2)CCC1. The van der Waals surface area contributed by atoms with E-state index in [1.807, 2.05) is 0 Å². The Labute approximate surface area is 93.0 Å². The number of carbonyl (C=O) groups excluding carboxylic acids is 1. The highest BCUT2D eigenvalue weighted by atomic mass is 16.2. The van der Waals surface area contributed by atoms with Crippen molar-refractivity contribution in [2.24, 2.45) is 5.73 Å². The molecule has 0 aromatic carbocycles. The van der Waals surface area contributed by atoms with Crippen LogP contribution < -0.4 is 16.6 Å². The van der Waals surface area contributed by atoms with Crippen LogP contribution in [0.5, 0.6) is 0 Å². The van der Waals surface area contributed by atoms with Crippen LogP contribution >= 0.6 is 0 Å². The molecule has 1 aliphatic carbocycles. The minimum Gasteiger partial charge on any atom is -0.345 e. The number of hydrogen-bond acceptors (Lipinski definition) is 3. The normalized spacial score (nSPS) is 17.6. The van der Waals surface area contributed by atoms with Crippen molar-refractivity contribution < 1.29 is 4.79 Å². The van der Waals surface area contributed by atoms with E-state index in [-0.39, 0.29) is 17.0 Å². The van der Waals surface area contributed by atoms with E-state index in [0.29, 0.717) is 12.1 Å². The van der Waals surface area contributed by atoms with Crippen molar-refractivity contribution in [3.63, 3.8) is 0 Å². The Morgan fingerprint density at radius 1 is 1.50 bits per heavy atom. The summed E-state index contributed by atoms with van der Waals surface area (Å²) in [6.45, 7) is 0.460. The molecule has 1 aliphatic rings. The first-order valence-electron chi connectivity index (χ1n) is 5.37. The zero-order valence-corrected chi connectivity index (χ0v) is 8.95. The molecule has 1 aromatic rings. The van der Waals surface area contributed by atoms with E-state index < -0.39 is 0 Å². The standard InChI is InChI=1S/C11H15N3O2/c12-7-11(4-1-5-11)14-10(16)8-2-3-9(15)13-6-8/h2-3,6H,1,4-5,7,12H2,(H,13,15)(H,14,16). The van der Waals surface area contributed by atoms with E-state index in [1.54, 1.807) is 0 Å². The summed E-state index contributed by atoms with van der Waals surface area (Å²) in [5, 5.41) is 2.93. The van der Waals surface area contributed by atoms with E-state index in [2.05, 4.69) is 10.3 Å². The van der Waals surface area contributed by atoms with Gasteiger partial charge in [0.05, 0.1) is 11.1 Å². The third-order valence-corrected chi connectivity index (χ3v) is 3.13. The van der Waals surface area contributed by atoms with E-state index in [0.717, 1.165) is 19.3 Å². The van der Waals surface area contributed by atoms with E-state index in [1.165, 1.54) is 18.3 Å². The first kappa shape index (κ1) is 10.9. The Morgan fingerprint density at radius 2 is 2.25 bits per heavy atom. The summed E-state index contributed by atoms with van der Waals surface area (Å²) in [5.41, 5.74) is 5.66. The van der Waals surface area contributed by atoms with Crippen molar-refractivity contribution in [3.8, 4) is 0 Å². The molecule has 0 unspecified atom stereocenters. The fourth-order valence-electron chi connectivity index (χ4n) is 1.85. The number of aromatic amines is 1. The largest absolute Gasteiger partial charge is 0.345 e. The topological polar surface area (TPSA) is 88.0 Å². The number of H-pyrrole nitrogens is 1. The third kappa shape index (κ3) is 1.99. The summed E-state index contributed by atoms with van der Waals surface area (Å²) in [6, 6.07) is 2.85. The van der Waals surface area contributed by atoms with Gasteiger partial charge in [-0.15, -0.1) is 0 Å². The molecule has 4 N–H and O–H groups in total. The molecule has 1 heterocycles. The number of nitrogens with two attached hydrogens (primary N) is 1. The van der Waals surface area contributed by atoms with E-state index in [9.17, 15) is 9.59 Å². The van der Waals surface area contributed by atoms with Gasteiger partial charge in [0.2, 0.25) is 5.56 Å². The van der Waals surface area contributed by atoms with Gasteiger partial charge in [-0.25, -0.2) is 0 Å². The lowest BCUT2D eigenvalue weighted by molar-refractivity contribution is 0.0837. The molecule has 1 amide bonds. The second-order valence-corrected chi connectivity index (χ2v) is 4.23. The molecule has 2 rings (SSSR count). The molecular weight excluding hydrogens is 206 g/mol. The van der Waals surface area contributed by atoms with Crippen LogP contribution in [0.25, 0.3) is 0 Å². The van der Waals surface area contributed by atoms with Gasteiger partial charge < -0.3 is 16.0 Å². The summed E-state index contributed by atoms with van der Waals surface area (Å²) in [5.74, 6) is -0.179. The van der Waals surface area contributed by atoms with Crippen molar-refractivity contribution in [2.45, 2.75) is 24.8 Å². The highest BCUT2D eigenvalue weighted by molar-refractivity contribution is 5.94. The lowest BCUT2D eigenvalue weighted by atomic mass is 9.76. The fraction of sp³-hybridized carbons (Fsp3) is 0.455. The molecule has 0 spiro atoms. The Morgan fingerprint density at radius 3 is 2.69 bits per heavy atom. The number of rotatable bonds is 3. The highest BCUT2D eigenvalue weighted by Crippen LogP contribution is 2.30. The summed E-state index contributed by atoms with van der Waals surface area (Å²) in [6.07, 6.45) is 4.38. The van der Waals surface area contributed by atoms with Crippen LogP contribution in [0, 0.1) is 0 Å². The summed E-state index contributed by atoms with van der Waals surface area (Å²) in [4.78, 5) is 25.2. The van der Waals surface area contributed by atoms with Gasteiger partial charge in [0.25, 0.3) is 5.91 Å². The monoisotopic (exact) mass is 221 g/mol. The first-order valence-corrected chi connectivity index (χ1v) is 5.37. The van der Waals surface area contributed by atoms with Gasteiger partial charge in [-0.05, 0) is 25.3 Å². The van der Waals surface area contributed by atoms with Crippen LogP contribution in [0.3, 0.4) is 0 Å². The lowest BCUT2D eigenvalue weighted by Crippen LogP contribution is -2.58. The van der Waals surface area contributed by atoms with Crippen molar-refractivity contribution in [1.82, 2.24) is 10.3 Å². The smallest absolute Gasteiger partial charge is 0.253 e. The molecule has 1 fully saturated rings. The highest BCUT2D eigenvalue weighted by Gasteiger charge is 2.37. The Bertz CT molecular complexity index is 423. The van der Waals surface area contributed by atoms with Crippen LogP contribution in [0.4, 0.5) is 0 Å². The van der Waals surface area contributed by atoms with Gasteiger partial charge in [0.15, 0.2) is 0 Å². The van der Waals surface area contributed by atoms with Crippen LogP contribution in [-0.4, -0.2) is 23.0 Å². The molecular formula is C11H15N3O2. The van der Waals surface area contributed by atoms with Crippen molar-refractivity contribution >= 4 is 5.91 Å². The molecule has 1 aromatic heterocycles. The quantitative estimate of drug-likeness (QED) is 0.670. The molecule has 5 nitrogen and oxygen atoms in total. The molecule has 86 valence electrons. The van der Waals surface area contributed by atoms with Gasteiger partial charge in [-0.3, -0.25) is 9.59 Å². The summed E-state index contributed by atoms with van der Waals surface area (Å²) in [7, 11) is 0. The third-order valence-electron chi connectivity index (χ3n) is 3.13. The van der Waals surface area contributed by atoms with E-state index in [4.69, 9.17) is 5.73 Å². The molecule has 0 bridgehead atoms. The second kappa shape index (κ2) is 4.09. The number of pyridine rings is 1. The predicted molar refractivity (Wildman–Crippen MR) is 60.2 cm³/mol. The molecule has 0 atom stereocenters. The van der Waals surface area contributed by atoms with Gasteiger partial charge in [-0.1, -0.05) is 0 Å². The van der Waals surface area contributed by atoms with Gasteiger partial charge in [-0.2, -0.15) is 0 Å². The number of hydrogen-bond donors (Lipinski definition) is 3. The Hall–Kier alpha value is -1.62. The van der Waals surface area contributed by atoms with Gasteiger partial charge >= 0.3 is 0 Å². The second-order valence-electron chi connectivity index (χ2n) is 4.23. The maximum Gasteiger partial charge on any atom is 0.253 e. The van der Waals surface area contributed by atoms with E-state index >= 15 is 0 Å². The Kier molecular flexibility index (Phi) is 2.78. The van der Waals surface area contributed by atoms with Crippen molar-refractivity contribution in [3.05, 3.63) is 34.2 Å². The minimum atomic E-state index is -0.229. The molecule has 0 aliphatic heterocycles. The Balaban J connectivity index is 2.08. The van der Waals surface area contributed by atoms with Crippen LogP contribution in [0.15, 0.2) is 23.1 Å². The zero-order chi connectivity index (χ0) is 11.6. The van der Waals surface area contributed by atoms with Crippen LogP contribution in [0.1, 0.15) is 29.6 Å². The molecule has 0 saturated heterocycles. The number of carbonyl (C=O) groups is 1. The van der Waals surface area contributed by atoms with Gasteiger partial charge in [0, 0.05) is 18.8 Å². The van der Waals surface area contributed by atoms with Crippen LogP contribution in [0.2, 0.25) is 0 Å². The van der Waals surface area contributed by atoms with Crippen molar-refractivity contribution in [1.29, 1.82) is 0 Å². The maximum absolute atomic E-state index is 11.8. The molecule has 1 saturated carbocycles. The molecule has 5 heteroatoms.